The fraction of sp³-hybridized carbons (Fsp3) is 0.318. The number of piperidine rings is 1. The second-order valence-corrected chi connectivity index (χ2v) is 8.20. The van der Waals surface area contributed by atoms with Gasteiger partial charge in [-0.05, 0) is 68.7 Å². The Bertz CT molecular complexity index is 945. The topological polar surface area (TPSA) is 70.7 Å². The van der Waals surface area contributed by atoms with Gasteiger partial charge in [-0.2, -0.15) is 0 Å². The van der Waals surface area contributed by atoms with Crippen LogP contribution in [0.5, 0.6) is 5.75 Å². The average molecular weight is 490 g/mol. The molecule has 0 bridgehead atoms. The number of para-hydroxylation sites is 1. The highest BCUT2D eigenvalue weighted by Crippen LogP contribution is 2.24. The zero-order valence-electron chi connectivity index (χ0n) is 16.7. The normalized spacial score (nSPS) is 13.5. The van der Waals surface area contributed by atoms with E-state index in [4.69, 9.17) is 17.0 Å². The highest BCUT2D eigenvalue weighted by atomic mass is 79.9. The van der Waals surface area contributed by atoms with Crippen LogP contribution in [0.25, 0.3) is 0 Å². The molecule has 1 saturated heterocycles. The van der Waals surface area contributed by atoms with Crippen molar-refractivity contribution in [3.05, 3.63) is 58.1 Å². The molecule has 0 aromatic heterocycles. The van der Waals surface area contributed by atoms with Crippen molar-refractivity contribution < 1.29 is 14.3 Å². The summed E-state index contributed by atoms with van der Waals surface area (Å²) in [6.45, 7) is 3.82. The van der Waals surface area contributed by atoms with Crippen molar-refractivity contribution in [2.45, 2.75) is 26.2 Å². The lowest BCUT2D eigenvalue weighted by Crippen LogP contribution is -2.37. The number of halogens is 1. The van der Waals surface area contributed by atoms with Crippen LogP contribution in [-0.2, 0) is 0 Å². The summed E-state index contributed by atoms with van der Waals surface area (Å²) >= 11 is 8.71. The van der Waals surface area contributed by atoms with Crippen LogP contribution in [0.1, 0.15) is 46.9 Å². The summed E-state index contributed by atoms with van der Waals surface area (Å²) in [6.07, 6.45) is 3.19. The lowest BCUT2D eigenvalue weighted by atomic mass is 10.1. The molecule has 30 heavy (non-hydrogen) atoms. The van der Waals surface area contributed by atoms with Crippen molar-refractivity contribution in [3.63, 3.8) is 0 Å². The van der Waals surface area contributed by atoms with Crippen molar-refractivity contribution in [1.29, 1.82) is 0 Å². The largest absolute Gasteiger partial charge is 0.493 e. The maximum atomic E-state index is 12.9. The summed E-state index contributed by atoms with van der Waals surface area (Å²) in [7, 11) is 0. The van der Waals surface area contributed by atoms with Crippen LogP contribution in [0.4, 0.5) is 5.69 Å². The first-order valence-electron chi connectivity index (χ1n) is 9.92. The first-order valence-corrected chi connectivity index (χ1v) is 11.1. The van der Waals surface area contributed by atoms with E-state index in [-0.39, 0.29) is 11.0 Å². The Kier molecular flexibility index (Phi) is 7.81. The molecular weight excluding hydrogens is 466 g/mol. The number of carbonyl (C=O) groups excluding carboxylic acids is 2. The van der Waals surface area contributed by atoms with Gasteiger partial charge < -0.3 is 15.0 Å². The molecule has 0 saturated carbocycles. The van der Waals surface area contributed by atoms with Crippen LogP contribution in [0.3, 0.4) is 0 Å². The lowest BCUT2D eigenvalue weighted by Gasteiger charge is -2.27. The van der Waals surface area contributed by atoms with Gasteiger partial charge in [0, 0.05) is 17.6 Å². The van der Waals surface area contributed by atoms with Crippen LogP contribution in [0.2, 0.25) is 0 Å². The Labute approximate surface area is 190 Å². The summed E-state index contributed by atoms with van der Waals surface area (Å²) in [5, 5.41) is 5.78. The van der Waals surface area contributed by atoms with Crippen molar-refractivity contribution >= 4 is 50.8 Å². The third-order valence-electron chi connectivity index (χ3n) is 4.76. The van der Waals surface area contributed by atoms with Crippen LogP contribution in [0.15, 0.2) is 46.9 Å². The van der Waals surface area contributed by atoms with Crippen molar-refractivity contribution in [3.8, 4) is 5.75 Å². The minimum absolute atomic E-state index is 0.0300. The number of benzene rings is 2. The molecule has 2 aromatic carbocycles. The van der Waals surface area contributed by atoms with E-state index in [0.717, 1.165) is 36.8 Å². The molecule has 0 aliphatic carbocycles. The second-order valence-electron chi connectivity index (χ2n) is 6.88. The molecule has 0 unspecified atom stereocenters. The molecule has 6 nitrogen and oxygen atoms in total. The Morgan fingerprint density at radius 3 is 2.57 bits per heavy atom. The van der Waals surface area contributed by atoms with Gasteiger partial charge in [-0.1, -0.05) is 28.1 Å². The van der Waals surface area contributed by atoms with Crippen LogP contribution in [0, 0.1) is 0 Å². The molecule has 2 aromatic rings. The van der Waals surface area contributed by atoms with Gasteiger partial charge in [-0.25, -0.2) is 0 Å². The summed E-state index contributed by atoms with van der Waals surface area (Å²) in [5.41, 5.74) is 1.47. The van der Waals surface area contributed by atoms with Crippen molar-refractivity contribution in [1.82, 2.24) is 10.2 Å². The quantitative estimate of drug-likeness (QED) is 0.600. The van der Waals surface area contributed by atoms with E-state index in [2.05, 4.69) is 26.6 Å². The molecule has 1 aliphatic rings. The smallest absolute Gasteiger partial charge is 0.261 e. The van der Waals surface area contributed by atoms with Gasteiger partial charge in [0.2, 0.25) is 0 Å². The van der Waals surface area contributed by atoms with Crippen LogP contribution < -0.4 is 15.4 Å². The van der Waals surface area contributed by atoms with Crippen molar-refractivity contribution in [2.75, 3.05) is 25.0 Å². The first-order chi connectivity index (χ1) is 14.5. The minimum atomic E-state index is -0.392. The molecule has 0 radical (unpaired) electrons. The van der Waals surface area contributed by atoms with Gasteiger partial charge in [0.15, 0.2) is 5.11 Å². The van der Waals surface area contributed by atoms with Gasteiger partial charge in [-0.3, -0.25) is 14.9 Å². The number of ether oxygens (including phenoxy) is 1. The average Bonchev–Trinajstić information content (AvgIpc) is 2.75. The Balaban J connectivity index is 1.72. The molecule has 1 aliphatic heterocycles. The molecule has 0 atom stereocenters. The maximum Gasteiger partial charge on any atom is 0.261 e. The predicted molar refractivity (Wildman–Crippen MR) is 125 cm³/mol. The number of thiocarbonyl (C=S) groups is 1. The molecule has 1 fully saturated rings. The molecule has 8 heteroatoms. The number of anilines is 1. The molecule has 2 amide bonds. The number of hydrogen-bond donors (Lipinski definition) is 2. The van der Waals surface area contributed by atoms with E-state index in [9.17, 15) is 9.59 Å². The zero-order valence-corrected chi connectivity index (χ0v) is 19.1. The van der Waals surface area contributed by atoms with E-state index in [1.807, 2.05) is 24.0 Å². The molecule has 2 N–H and O–H groups in total. The lowest BCUT2D eigenvalue weighted by molar-refractivity contribution is 0.0725. The molecular formula is C22H24BrN3O3S. The van der Waals surface area contributed by atoms with E-state index in [0.29, 0.717) is 29.2 Å². The summed E-state index contributed by atoms with van der Waals surface area (Å²) in [6, 6.07) is 12.4. The number of likely N-dealkylation sites (tertiary alicyclic amines) is 1. The molecule has 158 valence electrons. The number of nitrogens with zero attached hydrogens (tertiary/aromatic N) is 1. The zero-order chi connectivity index (χ0) is 21.5. The molecule has 0 spiro atoms. The van der Waals surface area contributed by atoms with E-state index < -0.39 is 5.91 Å². The summed E-state index contributed by atoms with van der Waals surface area (Å²) in [5.74, 6) is 0.0521. The number of hydrogen-bond acceptors (Lipinski definition) is 4. The number of rotatable bonds is 5. The predicted octanol–water partition coefficient (Wildman–Crippen LogP) is 4.60. The Hall–Kier alpha value is -2.45. The standard InChI is InChI=1S/C22H24BrN3O3S/c1-2-29-19-11-10-15(23)14-17(19)20(27)25-22(30)24-18-9-5-4-8-16(18)21(28)26-12-6-3-7-13-26/h4-5,8-11,14H,2-3,6-7,12-13H2,1H3,(H2,24,25,27,30). The molecule has 3 rings (SSSR count). The van der Waals surface area contributed by atoms with E-state index in [1.165, 1.54) is 0 Å². The van der Waals surface area contributed by atoms with Gasteiger partial charge >= 0.3 is 0 Å². The maximum absolute atomic E-state index is 12.9. The highest BCUT2D eigenvalue weighted by molar-refractivity contribution is 9.10. The van der Waals surface area contributed by atoms with Gasteiger partial charge in [0.05, 0.1) is 23.4 Å². The monoisotopic (exact) mass is 489 g/mol. The van der Waals surface area contributed by atoms with Gasteiger partial charge in [0.25, 0.3) is 11.8 Å². The second kappa shape index (κ2) is 10.5. The molecule has 1 heterocycles. The third-order valence-corrected chi connectivity index (χ3v) is 5.46. The van der Waals surface area contributed by atoms with E-state index >= 15 is 0 Å². The van der Waals surface area contributed by atoms with Gasteiger partial charge in [0.1, 0.15) is 5.75 Å². The highest BCUT2D eigenvalue weighted by Gasteiger charge is 2.21. The SMILES string of the molecule is CCOc1ccc(Br)cc1C(=O)NC(=S)Nc1ccccc1C(=O)N1CCCCC1. The Morgan fingerprint density at radius 2 is 1.83 bits per heavy atom. The van der Waals surface area contributed by atoms with E-state index in [1.54, 1.807) is 30.3 Å². The number of carbonyl (C=O) groups is 2. The van der Waals surface area contributed by atoms with Crippen LogP contribution in [-0.4, -0.2) is 41.5 Å². The summed E-state index contributed by atoms with van der Waals surface area (Å²) in [4.78, 5) is 27.5. The minimum Gasteiger partial charge on any atom is -0.493 e. The fourth-order valence-electron chi connectivity index (χ4n) is 3.33. The number of amides is 2. The fourth-order valence-corrected chi connectivity index (χ4v) is 3.89. The van der Waals surface area contributed by atoms with Crippen LogP contribution >= 0.6 is 28.1 Å². The first kappa shape index (κ1) is 22.2. The van der Waals surface area contributed by atoms with Crippen molar-refractivity contribution in [2.24, 2.45) is 0 Å². The third kappa shape index (κ3) is 5.58. The summed E-state index contributed by atoms with van der Waals surface area (Å²) < 4.78 is 6.29. The Morgan fingerprint density at radius 1 is 1.10 bits per heavy atom. The van der Waals surface area contributed by atoms with Gasteiger partial charge in [-0.15, -0.1) is 0 Å². The number of nitrogens with one attached hydrogen (secondary N) is 2.